The van der Waals surface area contributed by atoms with E-state index in [-0.39, 0.29) is 13.2 Å². The number of aliphatic hydroxyl groups is 1. The van der Waals surface area contributed by atoms with E-state index in [1.54, 1.807) is 0 Å². The number of benzene rings is 1. The van der Waals surface area contributed by atoms with Crippen molar-refractivity contribution in [2.24, 2.45) is 5.92 Å². The van der Waals surface area contributed by atoms with Crippen molar-refractivity contribution >= 4 is 0 Å². The fourth-order valence-corrected chi connectivity index (χ4v) is 2.17. The van der Waals surface area contributed by atoms with E-state index < -0.39 is 6.10 Å². The lowest BCUT2D eigenvalue weighted by Gasteiger charge is -2.26. The SMILES string of the molecule is C#CCOCC(O)CN(Cc1ccccc1)CC(C)C. The molecule has 0 aliphatic rings. The Bertz CT molecular complexity index is 397. The van der Waals surface area contributed by atoms with Gasteiger partial charge in [-0.1, -0.05) is 50.1 Å². The molecule has 0 fully saturated rings. The van der Waals surface area contributed by atoms with Crippen molar-refractivity contribution in [2.45, 2.75) is 26.5 Å². The largest absolute Gasteiger partial charge is 0.389 e. The number of aliphatic hydroxyl groups excluding tert-OH is 1. The molecule has 0 saturated heterocycles. The second-order valence-electron chi connectivity index (χ2n) is 5.45. The average molecular weight is 275 g/mol. The van der Waals surface area contributed by atoms with Gasteiger partial charge in [-0.25, -0.2) is 0 Å². The van der Waals surface area contributed by atoms with Crippen molar-refractivity contribution in [3.05, 3.63) is 35.9 Å². The highest BCUT2D eigenvalue weighted by Crippen LogP contribution is 2.08. The molecule has 1 N–H and O–H groups in total. The van der Waals surface area contributed by atoms with Gasteiger partial charge in [0.2, 0.25) is 0 Å². The molecule has 0 radical (unpaired) electrons. The number of hydrogen-bond donors (Lipinski definition) is 1. The summed E-state index contributed by atoms with van der Waals surface area (Å²) in [4.78, 5) is 2.25. The second-order valence-corrected chi connectivity index (χ2v) is 5.45. The third-order valence-electron chi connectivity index (χ3n) is 2.84. The van der Waals surface area contributed by atoms with E-state index in [2.05, 4.69) is 36.8 Å². The van der Waals surface area contributed by atoms with Crippen LogP contribution < -0.4 is 0 Å². The summed E-state index contributed by atoms with van der Waals surface area (Å²) in [6.45, 7) is 7.27. The highest BCUT2D eigenvalue weighted by molar-refractivity contribution is 5.14. The zero-order valence-electron chi connectivity index (χ0n) is 12.5. The monoisotopic (exact) mass is 275 g/mol. The topological polar surface area (TPSA) is 32.7 Å². The van der Waals surface area contributed by atoms with Gasteiger partial charge in [-0.15, -0.1) is 6.42 Å². The molecule has 0 saturated carbocycles. The van der Waals surface area contributed by atoms with Crippen LogP contribution in [0.25, 0.3) is 0 Å². The Balaban J connectivity index is 2.49. The van der Waals surface area contributed by atoms with Crippen LogP contribution in [-0.4, -0.2) is 42.4 Å². The molecule has 1 aromatic rings. The van der Waals surface area contributed by atoms with Crippen LogP contribution in [0.1, 0.15) is 19.4 Å². The van der Waals surface area contributed by atoms with E-state index in [9.17, 15) is 5.11 Å². The lowest BCUT2D eigenvalue weighted by molar-refractivity contribution is 0.0238. The number of nitrogens with zero attached hydrogens (tertiary/aromatic N) is 1. The molecule has 110 valence electrons. The average Bonchev–Trinajstić information content (AvgIpc) is 2.39. The van der Waals surface area contributed by atoms with E-state index >= 15 is 0 Å². The lowest BCUT2D eigenvalue weighted by Crippen LogP contribution is -2.36. The second kappa shape index (κ2) is 9.55. The van der Waals surface area contributed by atoms with Crippen LogP contribution in [0.3, 0.4) is 0 Å². The van der Waals surface area contributed by atoms with E-state index in [1.807, 2.05) is 18.2 Å². The Morgan fingerprint density at radius 1 is 1.25 bits per heavy atom. The van der Waals surface area contributed by atoms with Gasteiger partial charge in [-0.3, -0.25) is 4.90 Å². The standard InChI is InChI=1S/C17H25NO2/c1-4-10-20-14-17(19)13-18(11-15(2)3)12-16-8-6-5-7-9-16/h1,5-9,15,17,19H,10-14H2,2-3H3. The third-order valence-corrected chi connectivity index (χ3v) is 2.84. The Labute approximate surface area is 122 Å². The molecule has 0 heterocycles. The molecule has 3 heteroatoms. The summed E-state index contributed by atoms with van der Waals surface area (Å²) in [5, 5.41) is 10.0. The Morgan fingerprint density at radius 2 is 1.95 bits per heavy atom. The van der Waals surface area contributed by atoms with Gasteiger partial charge < -0.3 is 9.84 Å². The minimum atomic E-state index is -0.509. The van der Waals surface area contributed by atoms with E-state index in [0.29, 0.717) is 12.5 Å². The van der Waals surface area contributed by atoms with Gasteiger partial charge in [0.25, 0.3) is 0 Å². The molecule has 1 rings (SSSR count). The maximum Gasteiger partial charge on any atom is 0.107 e. The summed E-state index contributed by atoms with van der Waals surface area (Å²) in [5.41, 5.74) is 1.25. The third kappa shape index (κ3) is 7.30. The lowest BCUT2D eigenvalue weighted by atomic mass is 10.1. The first-order valence-corrected chi connectivity index (χ1v) is 7.07. The smallest absolute Gasteiger partial charge is 0.107 e. The van der Waals surface area contributed by atoms with Crippen LogP contribution in [0.5, 0.6) is 0 Å². The Kier molecular flexibility index (Phi) is 7.98. The molecule has 0 bridgehead atoms. The molecule has 0 aliphatic carbocycles. The molecule has 1 unspecified atom stereocenters. The van der Waals surface area contributed by atoms with Crippen molar-refractivity contribution in [2.75, 3.05) is 26.3 Å². The maximum absolute atomic E-state index is 10.0. The molecule has 0 aliphatic heterocycles. The fraction of sp³-hybridized carbons (Fsp3) is 0.529. The summed E-state index contributed by atoms with van der Waals surface area (Å²) in [6, 6.07) is 10.3. The van der Waals surface area contributed by atoms with Crippen LogP contribution >= 0.6 is 0 Å². The van der Waals surface area contributed by atoms with Gasteiger partial charge in [0, 0.05) is 19.6 Å². The molecule has 1 atom stereocenters. The molecule has 20 heavy (non-hydrogen) atoms. The molecular weight excluding hydrogens is 250 g/mol. The fourth-order valence-electron chi connectivity index (χ4n) is 2.17. The van der Waals surface area contributed by atoms with Crippen LogP contribution in [-0.2, 0) is 11.3 Å². The van der Waals surface area contributed by atoms with Gasteiger partial charge in [0.05, 0.1) is 12.7 Å². The van der Waals surface area contributed by atoms with E-state index in [4.69, 9.17) is 11.2 Å². The van der Waals surface area contributed by atoms with Gasteiger partial charge in [0.15, 0.2) is 0 Å². The van der Waals surface area contributed by atoms with Crippen molar-refractivity contribution < 1.29 is 9.84 Å². The first kappa shape index (κ1) is 16.7. The van der Waals surface area contributed by atoms with Crippen molar-refractivity contribution in [3.8, 4) is 12.3 Å². The van der Waals surface area contributed by atoms with Gasteiger partial charge in [0.1, 0.15) is 6.61 Å². The van der Waals surface area contributed by atoms with Crippen molar-refractivity contribution in [1.82, 2.24) is 4.90 Å². The van der Waals surface area contributed by atoms with Crippen molar-refractivity contribution in [3.63, 3.8) is 0 Å². The van der Waals surface area contributed by atoms with E-state index in [1.165, 1.54) is 5.56 Å². The maximum atomic E-state index is 10.0. The predicted molar refractivity (Wildman–Crippen MR) is 82.2 cm³/mol. The number of rotatable bonds is 9. The summed E-state index contributed by atoms with van der Waals surface area (Å²) < 4.78 is 5.19. The van der Waals surface area contributed by atoms with E-state index in [0.717, 1.165) is 13.1 Å². The normalized spacial score (nSPS) is 12.6. The molecular formula is C17H25NO2. The molecule has 3 nitrogen and oxygen atoms in total. The molecule has 0 aromatic heterocycles. The molecule has 0 amide bonds. The minimum Gasteiger partial charge on any atom is -0.389 e. The first-order valence-electron chi connectivity index (χ1n) is 7.07. The van der Waals surface area contributed by atoms with Crippen LogP contribution in [0, 0.1) is 18.3 Å². The highest BCUT2D eigenvalue weighted by atomic mass is 16.5. The number of terminal acetylenes is 1. The molecule has 0 spiro atoms. The van der Waals surface area contributed by atoms with Gasteiger partial charge in [-0.05, 0) is 11.5 Å². The van der Waals surface area contributed by atoms with Crippen LogP contribution in [0.15, 0.2) is 30.3 Å². The summed E-state index contributed by atoms with van der Waals surface area (Å²) in [6.07, 6.45) is 4.61. The van der Waals surface area contributed by atoms with Crippen molar-refractivity contribution in [1.29, 1.82) is 0 Å². The zero-order chi connectivity index (χ0) is 14.8. The van der Waals surface area contributed by atoms with Gasteiger partial charge >= 0.3 is 0 Å². The number of hydrogen-bond acceptors (Lipinski definition) is 3. The summed E-state index contributed by atoms with van der Waals surface area (Å²) >= 11 is 0. The first-order chi connectivity index (χ1) is 9.61. The quantitative estimate of drug-likeness (QED) is 0.554. The van der Waals surface area contributed by atoms with Gasteiger partial charge in [-0.2, -0.15) is 0 Å². The Hall–Kier alpha value is -1.34. The molecule has 1 aromatic carbocycles. The summed E-state index contributed by atoms with van der Waals surface area (Å²) in [5.74, 6) is 2.95. The van der Waals surface area contributed by atoms with Crippen LogP contribution in [0.2, 0.25) is 0 Å². The highest BCUT2D eigenvalue weighted by Gasteiger charge is 2.13. The zero-order valence-corrected chi connectivity index (χ0v) is 12.5. The minimum absolute atomic E-state index is 0.250. The predicted octanol–water partition coefficient (Wildman–Crippen LogP) is 2.16. The number of ether oxygens (including phenoxy) is 1. The Morgan fingerprint density at radius 3 is 2.55 bits per heavy atom. The van der Waals surface area contributed by atoms with Crippen LogP contribution in [0.4, 0.5) is 0 Å². The summed E-state index contributed by atoms with van der Waals surface area (Å²) in [7, 11) is 0.